The molecule has 0 saturated carbocycles. The van der Waals surface area contributed by atoms with Crippen LogP contribution in [0.4, 0.5) is 0 Å². The highest BCUT2D eigenvalue weighted by molar-refractivity contribution is 5.88. The van der Waals surface area contributed by atoms with Crippen molar-refractivity contribution in [1.29, 1.82) is 0 Å². The molecule has 1 aliphatic rings. The van der Waals surface area contributed by atoms with Crippen molar-refractivity contribution in [2.24, 2.45) is 5.92 Å². The molecule has 2 rings (SSSR count). The predicted octanol–water partition coefficient (Wildman–Crippen LogP) is 3.72. The molecule has 0 radical (unpaired) electrons. The molecule has 0 saturated heterocycles. The lowest BCUT2D eigenvalue weighted by Gasteiger charge is -2.17. The topological polar surface area (TPSA) is 17.1 Å². The summed E-state index contributed by atoms with van der Waals surface area (Å²) >= 11 is 0. The van der Waals surface area contributed by atoms with Gasteiger partial charge in [0, 0.05) is 11.8 Å². The van der Waals surface area contributed by atoms with E-state index >= 15 is 0 Å². The molecule has 0 heterocycles. The zero-order chi connectivity index (χ0) is 11.5. The van der Waals surface area contributed by atoms with E-state index in [1.807, 2.05) is 0 Å². The molecular formula is C15H20O. The molecule has 1 atom stereocenters. The van der Waals surface area contributed by atoms with Gasteiger partial charge in [0.25, 0.3) is 0 Å². The third-order valence-electron chi connectivity index (χ3n) is 3.86. The first kappa shape index (κ1) is 11.4. The molecule has 0 spiro atoms. The van der Waals surface area contributed by atoms with Crippen LogP contribution in [0.25, 0.3) is 0 Å². The van der Waals surface area contributed by atoms with Gasteiger partial charge in [-0.15, -0.1) is 0 Å². The van der Waals surface area contributed by atoms with Crippen LogP contribution in [0.2, 0.25) is 0 Å². The van der Waals surface area contributed by atoms with Gasteiger partial charge in [-0.25, -0.2) is 0 Å². The van der Waals surface area contributed by atoms with Crippen molar-refractivity contribution in [3.63, 3.8) is 0 Å². The number of fused-ring (bicyclic) bond motifs is 1. The number of carbonyl (C=O) groups excluding carboxylic acids is 1. The van der Waals surface area contributed by atoms with Crippen molar-refractivity contribution < 1.29 is 4.79 Å². The molecule has 86 valence electrons. The first-order valence-electron chi connectivity index (χ1n) is 6.39. The quantitative estimate of drug-likeness (QED) is 0.749. The van der Waals surface area contributed by atoms with Gasteiger partial charge in [-0.05, 0) is 36.8 Å². The molecule has 1 aromatic carbocycles. The zero-order valence-electron chi connectivity index (χ0n) is 10.2. The second kappa shape index (κ2) is 4.82. The molecule has 1 aliphatic carbocycles. The number of rotatable bonds is 4. The van der Waals surface area contributed by atoms with Gasteiger partial charge in [0.15, 0.2) is 0 Å². The molecular weight excluding hydrogens is 196 g/mol. The van der Waals surface area contributed by atoms with Crippen LogP contribution >= 0.6 is 0 Å². The van der Waals surface area contributed by atoms with E-state index in [2.05, 4.69) is 38.1 Å². The first-order valence-corrected chi connectivity index (χ1v) is 6.39. The number of aryl methyl sites for hydroxylation is 1. The van der Waals surface area contributed by atoms with Crippen LogP contribution in [0.5, 0.6) is 0 Å². The van der Waals surface area contributed by atoms with Crippen molar-refractivity contribution in [3.8, 4) is 0 Å². The second-order valence-electron chi connectivity index (χ2n) is 4.71. The summed E-state index contributed by atoms with van der Waals surface area (Å²) in [5.74, 6) is 0.909. The lowest BCUT2D eigenvalue weighted by molar-refractivity contribution is -0.124. The average molecular weight is 216 g/mol. The Morgan fingerprint density at radius 2 is 2.00 bits per heavy atom. The molecule has 0 N–H and O–H groups in total. The van der Waals surface area contributed by atoms with E-state index in [9.17, 15) is 4.79 Å². The summed E-state index contributed by atoms with van der Waals surface area (Å²) in [6, 6.07) is 8.42. The van der Waals surface area contributed by atoms with Crippen molar-refractivity contribution in [2.45, 2.75) is 45.4 Å². The van der Waals surface area contributed by atoms with Crippen LogP contribution in [0.1, 0.15) is 50.2 Å². The lowest BCUT2D eigenvalue weighted by atomic mass is 9.86. The number of hydrogen-bond acceptors (Lipinski definition) is 1. The van der Waals surface area contributed by atoms with Crippen molar-refractivity contribution in [1.82, 2.24) is 0 Å². The Kier molecular flexibility index (Phi) is 3.42. The molecule has 1 aromatic rings. The van der Waals surface area contributed by atoms with Gasteiger partial charge in [0.05, 0.1) is 0 Å². The van der Waals surface area contributed by atoms with Crippen LogP contribution in [0.3, 0.4) is 0 Å². The minimum atomic E-state index is 0.182. The van der Waals surface area contributed by atoms with Crippen LogP contribution in [0.15, 0.2) is 24.3 Å². The highest BCUT2D eigenvalue weighted by atomic mass is 16.1. The highest BCUT2D eigenvalue weighted by Gasteiger charge is 2.31. The third-order valence-corrected chi connectivity index (χ3v) is 3.86. The summed E-state index contributed by atoms with van der Waals surface area (Å²) in [4.78, 5) is 12.4. The number of hydrogen-bond donors (Lipinski definition) is 0. The fourth-order valence-electron chi connectivity index (χ4n) is 2.83. The maximum atomic E-state index is 12.4. The Labute approximate surface area is 97.9 Å². The third kappa shape index (κ3) is 1.91. The van der Waals surface area contributed by atoms with Gasteiger partial charge < -0.3 is 0 Å². The predicted molar refractivity (Wildman–Crippen MR) is 66.6 cm³/mol. The Hall–Kier alpha value is -1.11. The fourth-order valence-corrected chi connectivity index (χ4v) is 2.83. The second-order valence-corrected chi connectivity index (χ2v) is 4.71. The van der Waals surface area contributed by atoms with E-state index in [-0.39, 0.29) is 11.8 Å². The Morgan fingerprint density at radius 1 is 1.31 bits per heavy atom. The van der Waals surface area contributed by atoms with Gasteiger partial charge in [-0.2, -0.15) is 0 Å². The molecule has 1 heteroatoms. The maximum Gasteiger partial charge on any atom is 0.143 e. The largest absolute Gasteiger partial charge is 0.299 e. The molecule has 0 aromatic heterocycles. The van der Waals surface area contributed by atoms with Gasteiger partial charge >= 0.3 is 0 Å². The molecule has 0 fully saturated rings. The van der Waals surface area contributed by atoms with Crippen LogP contribution in [0, 0.1) is 5.92 Å². The van der Waals surface area contributed by atoms with Crippen LogP contribution in [-0.2, 0) is 11.2 Å². The summed E-state index contributed by atoms with van der Waals surface area (Å²) in [6.45, 7) is 4.24. The van der Waals surface area contributed by atoms with E-state index in [1.54, 1.807) is 0 Å². The highest BCUT2D eigenvalue weighted by Crippen LogP contribution is 2.36. The smallest absolute Gasteiger partial charge is 0.143 e. The van der Waals surface area contributed by atoms with E-state index < -0.39 is 0 Å². The summed E-state index contributed by atoms with van der Waals surface area (Å²) in [7, 11) is 0. The first-order chi connectivity index (χ1) is 7.77. The van der Waals surface area contributed by atoms with E-state index in [0.717, 1.165) is 25.7 Å². The van der Waals surface area contributed by atoms with Crippen molar-refractivity contribution in [2.75, 3.05) is 0 Å². The minimum Gasteiger partial charge on any atom is -0.299 e. The Balaban J connectivity index is 2.22. The summed E-state index contributed by atoms with van der Waals surface area (Å²) < 4.78 is 0. The normalized spacial score (nSPS) is 18.8. The van der Waals surface area contributed by atoms with Gasteiger partial charge in [0.2, 0.25) is 0 Å². The lowest BCUT2D eigenvalue weighted by Crippen LogP contribution is -2.19. The molecule has 0 aliphatic heterocycles. The van der Waals surface area contributed by atoms with E-state index in [0.29, 0.717) is 5.78 Å². The van der Waals surface area contributed by atoms with Crippen molar-refractivity contribution in [3.05, 3.63) is 35.4 Å². The molecule has 16 heavy (non-hydrogen) atoms. The van der Waals surface area contributed by atoms with E-state index in [4.69, 9.17) is 0 Å². The SMILES string of the molecule is CCC(CC)C(=O)C1CCc2ccccc21. The maximum absolute atomic E-state index is 12.4. The molecule has 1 nitrogen and oxygen atoms in total. The van der Waals surface area contributed by atoms with Crippen LogP contribution < -0.4 is 0 Å². The van der Waals surface area contributed by atoms with Gasteiger partial charge in [-0.3, -0.25) is 4.79 Å². The zero-order valence-corrected chi connectivity index (χ0v) is 10.2. The Morgan fingerprint density at radius 3 is 2.69 bits per heavy atom. The minimum absolute atomic E-state index is 0.182. The molecule has 0 amide bonds. The molecule has 0 bridgehead atoms. The summed E-state index contributed by atoms with van der Waals surface area (Å²) in [6.07, 6.45) is 4.06. The van der Waals surface area contributed by atoms with Crippen LogP contribution in [-0.4, -0.2) is 5.78 Å². The standard InChI is InChI=1S/C15H20O/c1-3-11(4-2)15(16)14-10-9-12-7-5-6-8-13(12)14/h5-8,11,14H,3-4,9-10H2,1-2H3. The average Bonchev–Trinajstić information content (AvgIpc) is 2.74. The Bertz CT molecular complexity index is 377. The van der Waals surface area contributed by atoms with Gasteiger partial charge in [-0.1, -0.05) is 38.1 Å². The molecule has 1 unspecified atom stereocenters. The number of carbonyl (C=O) groups is 1. The van der Waals surface area contributed by atoms with Gasteiger partial charge in [0.1, 0.15) is 5.78 Å². The number of benzene rings is 1. The van der Waals surface area contributed by atoms with E-state index in [1.165, 1.54) is 11.1 Å². The van der Waals surface area contributed by atoms with Crippen molar-refractivity contribution >= 4 is 5.78 Å². The number of Topliss-reactive ketones (excluding diaryl/α,β-unsaturated/α-hetero) is 1. The summed E-state index contributed by atoms with van der Waals surface area (Å²) in [5.41, 5.74) is 2.67. The number of ketones is 1. The fraction of sp³-hybridized carbons (Fsp3) is 0.533. The monoisotopic (exact) mass is 216 g/mol. The summed E-state index contributed by atoms with van der Waals surface area (Å²) in [5, 5.41) is 0.